The van der Waals surface area contributed by atoms with Crippen LogP contribution in [0.2, 0.25) is 0 Å². The van der Waals surface area contributed by atoms with Gasteiger partial charge in [-0.2, -0.15) is 18.4 Å². The molecule has 152 valence electrons. The fourth-order valence-electron chi connectivity index (χ4n) is 3.36. The Balaban J connectivity index is 1.77. The van der Waals surface area contributed by atoms with E-state index in [2.05, 4.69) is 15.6 Å². The van der Waals surface area contributed by atoms with Crippen LogP contribution < -0.4 is 10.6 Å². The molecule has 29 heavy (non-hydrogen) atoms. The molecule has 1 fully saturated rings. The third kappa shape index (κ3) is 4.84. The molecule has 1 heterocycles. The van der Waals surface area contributed by atoms with Gasteiger partial charge in [-0.3, -0.25) is 4.79 Å². The number of carbonyl (C=O) groups is 1. The van der Waals surface area contributed by atoms with E-state index < -0.39 is 29.3 Å². The van der Waals surface area contributed by atoms with Gasteiger partial charge in [0.15, 0.2) is 0 Å². The van der Waals surface area contributed by atoms with Gasteiger partial charge in [-0.1, -0.05) is 6.42 Å². The summed E-state index contributed by atoms with van der Waals surface area (Å²) < 4.78 is 39.3. The minimum Gasteiger partial charge on any atom is -0.393 e. The minimum absolute atomic E-state index is 0.0563. The molecule has 6 nitrogen and oxygen atoms in total. The lowest BCUT2D eigenvalue weighted by Gasteiger charge is -2.17. The number of nitrogens with zero attached hydrogens (tertiary/aromatic N) is 2. The second-order valence-electron chi connectivity index (χ2n) is 6.86. The van der Waals surface area contributed by atoms with Crippen LogP contribution in [-0.4, -0.2) is 28.6 Å². The van der Waals surface area contributed by atoms with Crippen molar-refractivity contribution in [1.29, 1.82) is 5.26 Å². The zero-order chi connectivity index (χ0) is 21.0. The Morgan fingerprint density at radius 2 is 2.10 bits per heavy atom. The second kappa shape index (κ2) is 8.49. The van der Waals surface area contributed by atoms with Crippen molar-refractivity contribution in [3.63, 3.8) is 0 Å². The third-order valence-corrected chi connectivity index (χ3v) is 4.91. The van der Waals surface area contributed by atoms with E-state index in [0.29, 0.717) is 6.54 Å². The normalized spacial score (nSPS) is 18.9. The van der Waals surface area contributed by atoms with Gasteiger partial charge in [0, 0.05) is 24.3 Å². The van der Waals surface area contributed by atoms with Crippen LogP contribution in [0.3, 0.4) is 0 Å². The molecule has 2 aromatic rings. The maximum Gasteiger partial charge on any atom is 0.417 e. The number of carbonyl (C=O) groups excluding carboxylic acids is 1. The fraction of sp³-hybridized carbons (Fsp3) is 0.350. The fourth-order valence-corrected chi connectivity index (χ4v) is 3.36. The zero-order valence-corrected chi connectivity index (χ0v) is 15.3. The Bertz CT molecular complexity index is 940. The number of nitriles is 1. The van der Waals surface area contributed by atoms with Gasteiger partial charge in [0.05, 0.1) is 28.9 Å². The maximum atomic E-state index is 13.1. The summed E-state index contributed by atoms with van der Waals surface area (Å²) in [5.74, 6) is -0.292. The summed E-state index contributed by atoms with van der Waals surface area (Å²) in [7, 11) is 0. The first-order chi connectivity index (χ1) is 13.8. The highest BCUT2D eigenvalue weighted by molar-refractivity contribution is 6.07. The van der Waals surface area contributed by atoms with Gasteiger partial charge >= 0.3 is 6.18 Å². The molecule has 1 aliphatic carbocycles. The van der Waals surface area contributed by atoms with Crippen LogP contribution >= 0.6 is 0 Å². The number of alkyl halides is 3. The number of hydrogen-bond acceptors (Lipinski definition) is 5. The summed E-state index contributed by atoms with van der Waals surface area (Å²) in [5, 5.41) is 24.3. The predicted octanol–water partition coefficient (Wildman–Crippen LogP) is 3.80. The summed E-state index contributed by atoms with van der Waals surface area (Å²) in [6.07, 6.45) is -1.08. The number of aromatic nitrogens is 1. The third-order valence-electron chi connectivity index (χ3n) is 4.91. The molecule has 1 saturated carbocycles. The van der Waals surface area contributed by atoms with Gasteiger partial charge < -0.3 is 15.7 Å². The first-order valence-corrected chi connectivity index (χ1v) is 9.09. The number of aliphatic hydroxyl groups is 1. The summed E-state index contributed by atoms with van der Waals surface area (Å²) in [6, 6.07) is 7.53. The van der Waals surface area contributed by atoms with Crippen molar-refractivity contribution in [2.45, 2.75) is 31.5 Å². The van der Waals surface area contributed by atoms with Gasteiger partial charge in [0.1, 0.15) is 5.82 Å². The predicted molar refractivity (Wildman–Crippen MR) is 100 cm³/mol. The molecule has 0 radical (unpaired) electrons. The Morgan fingerprint density at radius 3 is 2.76 bits per heavy atom. The van der Waals surface area contributed by atoms with Gasteiger partial charge in [-0.25, -0.2) is 4.98 Å². The van der Waals surface area contributed by atoms with Crippen molar-refractivity contribution in [2.75, 3.05) is 17.2 Å². The Labute approximate surface area is 165 Å². The van der Waals surface area contributed by atoms with Gasteiger partial charge in [-0.15, -0.1) is 0 Å². The molecule has 9 heteroatoms. The van der Waals surface area contributed by atoms with Crippen LogP contribution in [-0.2, 0) is 6.18 Å². The molecule has 3 N–H and O–H groups in total. The molecule has 1 aromatic carbocycles. The number of anilines is 2. The second-order valence-corrected chi connectivity index (χ2v) is 6.86. The van der Waals surface area contributed by atoms with Gasteiger partial charge in [0.25, 0.3) is 5.91 Å². The Kier molecular flexibility index (Phi) is 6.03. The first-order valence-electron chi connectivity index (χ1n) is 9.09. The van der Waals surface area contributed by atoms with Crippen LogP contribution in [0.15, 0.2) is 36.5 Å². The number of rotatable bonds is 5. The highest BCUT2D eigenvalue weighted by Gasteiger charge is 2.34. The summed E-state index contributed by atoms with van der Waals surface area (Å²) in [6.45, 7) is 0.438. The van der Waals surface area contributed by atoms with E-state index in [4.69, 9.17) is 5.26 Å². The van der Waals surface area contributed by atoms with Crippen molar-refractivity contribution >= 4 is 17.4 Å². The van der Waals surface area contributed by atoms with Crippen LogP contribution in [0.25, 0.3) is 0 Å². The van der Waals surface area contributed by atoms with E-state index in [1.54, 1.807) is 6.07 Å². The number of nitrogens with one attached hydrogen (secondary N) is 2. The van der Waals surface area contributed by atoms with Gasteiger partial charge in [-0.05, 0) is 43.2 Å². The van der Waals surface area contributed by atoms with E-state index in [9.17, 15) is 23.1 Å². The molecule has 0 aliphatic heterocycles. The average molecular weight is 404 g/mol. The van der Waals surface area contributed by atoms with E-state index in [1.165, 1.54) is 24.4 Å². The number of pyridine rings is 1. The van der Waals surface area contributed by atoms with Crippen LogP contribution in [0.5, 0.6) is 0 Å². The van der Waals surface area contributed by atoms with Gasteiger partial charge in [0.2, 0.25) is 0 Å². The summed E-state index contributed by atoms with van der Waals surface area (Å²) in [5.41, 5.74) is -1.55. The minimum atomic E-state index is -4.71. The Hall–Kier alpha value is -3.12. The maximum absolute atomic E-state index is 13.1. The standard InChI is InChI=1S/C20H19F3N4O2/c21-20(22,23)16-9-14(7-6-12(16)10-24)27-19(29)15-4-2-8-25-18(15)26-11-13-3-1-5-17(13)28/h2,4,6-9,13,17,28H,1,3,5,11H2,(H,25,26)(H,27,29)/t13-,17-/m0/s1. The molecule has 3 rings (SSSR count). The van der Waals surface area contributed by atoms with Crippen LogP contribution in [0.4, 0.5) is 24.7 Å². The molecule has 1 aromatic heterocycles. The van der Waals surface area contributed by atoms with Crippen molar-refractivity contribution < 1.29 is 23.1 Å². The lowest BCUT2D eigenvalue weighted by molar-refractivity contribution is -0.137. The Morgan fingerprint density at radius 1 is 1.31 bits per heavy atom. The highest BCUT2D eigenvalue weighted by atomic mass is 19.4. The largest absolute Gasteiger partial charge is 0.417 e. The first kappa shape index (κ1) is 20.6. The number of aliphatic hydroxyl groups excluding tert-OH is 1. The zero-order valence-electron chi connectivity index (χ0n) is 15.3. The molecule has 0 bridgehead atoms. The topological polar surface area (TPSA) is 98.0 Å². The molecule has 2 atom stereocenters. The van der Waals surface area contributed by atoms with Crippen molar-refractivity contribution in [2.24, 2.45) is 5.92 Å². The SMILES string of the molecule is N#Cc1ccc(NC(=O)c2cccnc2NC[C@@H]2CCC[C@@H]2O)cc1C(F)(F)F. The monoisotopic (exact) mass is 404 g/mol. The lowest BCUT2D eigenvalue weighted by Crippen LogP contribution is -2.24. The molecular formula is C20H19F3N4O2. The molecular weight excluding hydrogens is 385 g/mol. The van der Waals surface area contributed by atoms with Crippen molar-refractivity contribution in [3.8, 4) is 6.07 Å². The summed E-state index contributed by atoms with van der Waals surface area (Å²) >= 11 is 0. The molecule has 1 amide bonds. The van der Waals surface area contributed by atoms with Crippen LogP contribution in [0, 0.1) is 17.2 Å². The summed E-state index contributed by atoms with van der Waals surface area (Å²) in [4.78, 5) is 16.8. The highest BCUT2D eigenvalue weighted by Crippen LogP contribution is 2.33. The smallest absolute Gasteiger partial charge is 0.393 e. The van der Waals surface area contributed by atoms with E-state index in [-0.39, 0.29) is 23.0 Å². The lowest BCUT2D eigenvalue weighted by atomic mass is 10.1. The van der Waals surface area contributed by atoms with E-state index in [0.717, 1.165) is 31.4 Å². The molecule has 0 unspecified atom stereocenters. The number of halogens is 3. The number of benzene rings is 1. The van der Waals surface area contributed by atoms with Crippen molar-refractivity contribution in [3.05, 3.63) is 53.2 Å². The molecule has 0 spiro atoms. The van der Waals surface area contributed by atoms with Crippen molar-refractivity contribution in [1.82, 2.24) is 4.98 Å². The number of hydrogen-bond donors (Lipinski definition) is 3. The quantitative estimate of drug-likeness (QED) is 0.704. The van der Waals surface area contributed by atoms with Crippen LogP contribution in [0.1, 0.15) is 40.7 Å². The molecule has 0 saturated heterocycles. The molecule has 1 aliphatic rings. The van der Waals surface area contributed by atoms with E-state index in [1.807, 2.05) is 0 Å². The average Bonchev–Trinajstić information content (AvgIpc) is 3.10. The number of amides is 1. The van der Waals surface area contributed by atoms with E-state index >= 15 is 0 Å².